The maximum atomic E-state index is 12.9. The Labute approximate surface area is 169 Å². The Bertz CT molecular complexity index is 967. The van der Waals surface area contributed by atoms with Crippen molar-refractivity contribution < 1.29 is 13.2 Å². The van der Waals surface area contributed by atoms with Gasteiger partial charge in [-0.25, -0.2) is 8.42 Å². The second-order valence-electron chi connectivity index (χ2n) is 6.85. The number of piperidine rings is 1. The van der Waals surface area contributed by atoms with Crippen LogP contribution < -0.4 is 5.32 Å². The molecule has 1 amide bonds. The summed E-state index contributed by atoms with van der Waals surface area (Å²) < 4.78 is 28.3. The van der Waals surface area contributed by atoms with E-state index in [0.717, 1.165) is 34.9 Å². The van der Waals surface area contributed by atoms with Crippen LogP contribution in [0.1, 0.15) is 40.7 Å². The molecule has 144 valence electrons. The van der Waals surface area contributed by atoms with Crippen molar-refractivity contribution in [1.82, 2.24) is 4.31 Å². The largest absolute Gasteiger partial charge is 0.322 e. The number of sulfonamides is 1. The Kier molecular flexibility index (Phi) is 6.03. The number of anilines is 1. The Morgan fingerprint density at radius 2 is 1.70 bits per heavy atom. The van der Waals surface area contributed by atoms with Gasteiger partial charge in [-0.15, -0.1) is 0 Å². The standard InChI is InChI=1S/C20H23BrN2O3S/c1-14-6-8-17(27(25,26)23-10-4-3-5-11-23)13-18(14)20(24)22-19-9-7-16(21)12-15(19)2/h6-9,12-13H,3-5,10-11H2,1-2H3,(H,22,24). The average Bonchev–Trinajstić information content (AvgIpc) is 2.65. The molecule has 1 fully saturated rings. The fourth-order valence-electron chi connectivity index (χ4n) is 3.22. The molecular formula is C20H23BrN2O3S. The van der Waals surface area contributed by atoms with Crippen molar-refractivity contribution in [2.75, 3.05) is 18.4 Å². The molecule has 0 aromatic heterocycles. The van der Waals surface area contributed by atoms with Gasteiger partial charge < -0.3 is 5.32 Å². The second-order valence-corrected chi connectivity index (χ2v) is 9.71. The lowest BCUT2D eigenvalue weighted by atomic mass is 10.1. The van der Waals surface area contributed by atoms with Crippen LogP contribution in [-0.2, 0) is 10.0 Å². The lowest BCUT2D eigenvalue weighted by Gasteiger charge is -2.26. The maximum absolute atomic E-state index is 12.9. The third kappa shape index (κ3) is 4.42. The molecular weight excluding hydrogens is 428 g/mol. The fourth-order valence-corrected chi connectivity index (χ4v) is 5.24. The zero-order valence-electron chi connectivity index (χ0n) is 15.5. The average molecular weight is 451 g/mol. The van der Waals surface area contributed by atoms with E-state index in [-0.39, 0.29) is 10.8 Å². The highest BCUT2D eigenvalue weighted by molar-refractivity contribution is 9.10. The minimum absolute atomic E-state index is 0.174. The first kappa shape index (κ1) is 20.0. The van der Waals surface area contributed by atoms with Gasteiger partial charge in [-0.1, -0.05) is 28.4 Å². The second kappa shape index (κ2) is 8.12. The molecule has 27 heavy (non-hydrogen) atoms. The number of rotatable bonds is 4. The number of nitrogens with zero attached hydrogens (tertiary/aromatic N) is 1. The van der Waals surface area contributed by atoms with Gasteiger partial charge in [0, 0.05) is 28.8 Å². The predicted molar refractivity (Wildman–Crippen MR) is 111 cm³/mol. The number of carbonyl (C=O) groups is 1. The van der Waals surface area contributed by atoms with Gasteiger partial charge in [-0.2, -0.15) is 4.31 Å². The van der Waals surface area contributed by atoms with Crippen molar-refractivity contribution in [3.63, 3.8) is 0 Å². The van der Waals surface area contributed by atoms with Crippen molar-refractivity contribution >= 4 is 37.5 Å². The van der Waals surface area contributed by atoms with Crippen LogP contribution in [-0.4, -0.2) is 31.7 Å². The molecule has 5 nitrogen and oxygen atoms in total. The minimum Gasteiger partial charge on any atom is -0.322 e. The summed E-state index contributed by atoms with van der Waals surface area (Å²) in [5.41, 5.74) is 2.73. The highest BCUT2D eigenvalue weighted by atomic mass is 79.9. The Balaban J connectivity index is 1.89. The van der Waals surface area contributed by atoms with Crippen LogP contribution >= 0.6 is 15.9 Å². The molecule has 7 heteroatoms. The van der Waals surface area contributed by atoms with Crippen molar-refractivity contribution in [2.45, 2.75) is 38.0 Å². The topological polar surface area (TPSA) is 66.5 Å². The third-order valence-electron chi connectivity index (χ3n) is 4.84. The molecule has 0 radical (unpaired) electrons. The SMILES string of the molecule is Cc1cc(Br)ccc1NC(=O)c1cc(S(=O)(=O)N2CCCCC2)ccc1C. The molecule has 2 aromatic carbocycles. The molecule has 0 atom stereocenters. The van der Waals surface area contributed by atoms with Gasteiger partial charge in [0.05, 0.1) is 4.90 Å². The minimum atomic E-state index is -3.57. The number of benzene rings is 2. The normalized spacial score (nSPS) is 15.5. The highest BCUT2D eigenvalue weighted by Gasteiger charge is 2.27. The Morgan fingerprint density at radius 1 is 1.00 bits per heavy atom. The summed E-state index contributed by atoms with van der Waals surface area (Å²) in [6.45, 7) is 4.79. The smallest absolute Gasteiger partial charge is 0.255 e. The summed E-state index contributed by atoms with van der Waals surface area (Å²) in [5.74, 6) is -0.311. The zero-order chi connectivity index (χ0) is 19.6. The number of hydrogen-bond acceptors (Lipinski definition) is 3. The summed E-state index contributed by atoms with van der Waals surface area (Å²) in [5, 5.41) is 2.88. The van der Waals surface area contributed by atoms with E-state index in [1.165, 1.54) is 10.4 Å². The summed E-state index contributed by atoms with van der Waals surface area (Å²) in [7, 11) is -3.57. The molecule has 3 rings (SSSR count). The summed E-state index contributed by atoms with van der Waals surface area (Å²) in [4.78, 5) is 13.0. The van der Waals surface area contributed by atoms with Crippen LogP contribution in [0, 0.1) is 13.8 Å². The van der Waals surface area contributed by atoms with E-state index in [0.29, 0.717) is 24.3 Å². The molecule has 2 aromatic rings. The summed E-state index contributed by atoms with van der Waals surface area (Å²) in [6, 6.07) is 10.4. The van der Waals surface area contributed by atoms with Crippen molar-refractivity contribution in [1.29, 1.82) is 0 Å². The number of carbonyl (C=O) groups excluding carboxylic acids is 1. The summed E-state index contributed by atoms with van der Waals surface area (Å²) >= 11 is 3.40. The molecule has 1 aliphatic rings. The van der Waals surface area contributed by atoms with Gasteiger partial charge in [0.2, 0.25) is 10.0 Å². The van der Waals surface area contributed by atoms with Gasteiger partial charge in [0.1, 0.15) is 0 Å². The Hall–Kier alpha value is -1.70. The van der Waals surface area contributed by atoms with Crippen LogP contribution in [0.5, 0.6) is 0 Å². The number of aryl methyl sites for hydroxylation is 2. The first-order valence-corrected chi connectivity index (χ1v) is 11.2. The van der Waals surface area contributed by atoms with E-state index in [9.17, 15) is 13.2 Å². The van der Waals surface area contributed by atoms with Gasteiger partial charge in [0.15, 0.2) is 0 Å². The maximum Gasteiger partial charge on any atom is 0.255 e. The van der Waals surface area contributed by atoms with E-state index in [1.807, 2.05) is 25.1 Å². The van der Waals surface area contributed by atoms with Crippen molar-refractivity contribution in [2.24, 2.45) is 0 Å². The first-order chi connectivity index (χ1) is 12.8. The van der Waals surface area contributed by atoms with Gasteiger partial charge in [0.25, 0.3) is 5.91 Å². The molecule has 1 aliphatic heterocycles. The molecule has 1 N–H and O–H groups in total. The molecule has 0 aliphatic carbocycles. The number of amides is 1. The van der Waals surface area contributed by atoms with Crippen LogP contribution in [0.4, 0.5) is 5.69 Å². The van der Waals surface area contributed by atoms with Crippen LogP contribution in [0.15, 0.2) is 45.8 Å². The van der Waals surface area contributed by atoms with Gasteiger partial charge in [-0.05, 0) is 68.1 Å². The van der Waals surface area contributed by atoms with E-state index in [2.05, 4.69) is 21.2 Å². The van der Waals surface area contributed by atoms with Crippen LogP contribution in [0.2, 0.25) is 0 Å². The Morgan fingerprint density at radius 3 is 2.37 bits per heavy atom. The lowest BCUT2D eigenvalue weighted by Crippen LogP contribution is -2.35. The predicted octanol–water partition coefficient (Wildman–Crippen LogP) is 4.49. The monoisotopic (exact) mass is 450 g/mol. The van der Waals surface area contributed by atoms with Crippen LogP contribution in [0.3, 0.4) is 0 Å². The van der Waals surface area contributed by atoms with Gasteiger partial charge >= 0.3 is 0 Å². The number of hydrogen-bond donors (Lipinski definition) is 1. The lowest BCUT2D eigenvalue weighted by molar-refractivity contribution is 0.102. The first-order valence-electron chi connectivity index (χ1n) is 8.97. The molecule has 0 spiro atoms. The highest BCUT2D eigenvalue weighted by Crippen LogP contribution is 2.25. The zero-order valence-corrected chi connectivity index (χ0v) is 17.9. The molecule has 1 heterocycles. The van der Waals surface area contributed by atoms with E-state index >= 15 is 0 Å². The van der Waals surface area contributed by atoms with Crippen molar-refractivity contribution in [3.05, 3.63) is 57.6 Å². The van der Waals surface area contributed by atoms with E-state index < -0.39 is 10.0 Å². The third-order valence-corrected chi connectivity index (χ3v) is 7.23. The number of halogens is 1. The molecule has 0 bridgehead atoms. The molecule has 1 saturated heterocycles. The molecule has 0 unspecified atom stereocenters. The molecule has 0 saturated carbocycles. The van der Waals surface area contributed by atoms with E-state index in [1.54, 1.807) is 19.1 Å². The van der Waals surface area contributed by atoms with Crippen molar-refractivity contribution in [3.8, 4) is 0 Å². The summed E-state index contributed by atoms with van der Waals surface area (Å²) in [6.07, 6.45) is 2.81. The quantitative estimate of drug-likeness (QED) is 0.745. The number of nitrogens with one attached hydrogen (secondary N) is 1. The fraction of sp³-hybridized carbons (Fsp3) is 0.350. The van der Waals surface area contributed by atoms with E-state index in [4.69, 9.17) is 0 Å². The van der Waals surface area contributed by atoms with Gasteiger partial charge in [-0.3, -0.25) is 4.79 Å². The van der Waals surface area contributed by atoms with Crippen LogP contribution in [0.25, 0.3) is 0 Å².